The predicted molar refractivity (Wildman–Crippen MR) is 93.3 cm³/mol. The SMILES string of the molecule is CC(C)c1cc2c(c(C(C)C)c1)C(=O)C1=C(C[C@H](C)CC1)C2=O. The summed E-state index contributed by atoms with van der Waals surface area (Å²) in [6.07, 6.45) is 2.51. The van der Waals surface area contributed by atoms with Crippen molar-refractivity contribution in [2.75, 3.05) is 0 Å². The lowest BCUT2D eigenvalue weighted by molar-refractivity contribution is 0.0959. The third kappa shape index (κ3) is 2.58. The minimum atomic E-state index is 0.102. The van der Waals surface area contributed by atoms with Gasteiger partial charge in [-0.15, -0.1) is 0 Å². The number of ketones is 2. The van der Waals surface area contributed by atoms with Crippen LogP contribution in [0.1, 0.15) is 97.6 Å². The summed E-state index contributed by atoms with van der Waals surface area (Å²) >= 11 is 0. The van der Waals surface area contributed by atoms with Gasteiger partial charge in [-0.05, 0) is 54.2 Å². The first kappa shape index (κ1) is 16.2. The molecule has 0 amide bonds. The van der Waals surface area contributed by atoms with Crippen LogP contribution in [-0.4, -0.2) is 11.6 Å². The molecule has 1 atom stereocenters. The molecule has 0 spiro atoms. The third-order valence-corrected chi connectivity index (χ3v) is 5.30. The van der Waals surface area contributed by atoms with Gasteiger partial charge in [0.05, 0.1) is 0 Å². The van der Waals surface area contributed by atoms with Gasteiger partial charge in [-0.1, -0.05) is 40.7 Å². The van der Waals surface area contributed by atoms with Crippen molar-refractivity contribution in [1.29, 1.82) is 0 Å². The quantitative estimate of drug-likeness (QED) is 0.730. The number of hydrogen-bond acceptors (Lipinski definition) is 2. The molecule has 0 saturated carbocycles. The molecule has 2 aliphatic carbocycles. The summed E-state index contributed by atoms with van der Waals surface area (Å²) in [6, 6.07) is 4.10. The number of allylic oxidation sites excluding steroid dienone is 2. The minimum absolute atomic E-state index is 0.102. The van der Waals surface area contributed by atoms with Crippen LogP contribution in [0.15, 0.2) is 23.3 Å². The highest BCUT2D eigenvalue weighted by atomic mass is 16.1. The molecule has 0 radical (unpaired) electrons. The molecule has 1 aromatic carbocycles. The van der Waals surface area contributed by atoms with Crippen molar-refractivity contribution < 1.29 is 9.59 Å². The van der Waals surface area contributed by atoms with Gasteiger partial charge in [0.2, 0.25) is 0 Å². The first-order valence-corrected chi connectivity index (χ1v) is 8.80. The van der Waals surface area contributed by atoms with E-state index in [9.17, 15) is 9.59 Å². The molecule has 1 aromatic rings. The number of carbonyl (C=O) groups is 2. The van der Waals surface area contributed by atoms with E-state index in [-0.39, 0.29) is 17.5 Å². The van der Waals surface area contributed by atoms with Gasteiger partial charge in [0.1, 0.15) is 0 Å². The van der Waals surface area contributed by atoms with Gasteiger partial charge in [0.15, 0.2) is 11.6 Å². The summed E-state index contributed by atoms with van der Waals surface area (Å²) < 4.78 is 0. The molecule has 0 unspecified atom stereocenters. The summed E-state index contributed by atoms with van der Waals surface area (Å²) in [5, 5.41) is 0. The summed E-state index contributed by atoms with van der Waals surface area (Å²) in [7, 11) is 0. The van der Waals surface area contributed by atoms with E-state index in [2.05, 4.69) is 40.7 Å². The number of rotatable bonds is 2. The van der Waals surface area contributed by atoms with Crippen LogP contribution in [0.2, 0.25) is 0 Å². The van der Waals surface area contributed by atoms with E-state index in [0.717, 1.165) is 41.5 Å². The van der Waals surface area contributed by atoms with E-state index >= 15 is 0 Å². The summed E-state index contributed by atoms with van der Waals surface area (Å²) in [6.45, 7) is 10.6. The lowest BCUT2D eigenvalue weighted by atomic mass is 9.72. The van der Waals surface area contributed by atoms with E-state index < -0.39 is 0 Å². The summed E-state index contributed by atoms with van der Waals surface area (Å²) in [4.78, 5) is 26.2. The Morgan fingerprint density at radius 1 is 0.957 bits per heavy atom. The maximum atomic E-state index is 13.1. The molecule has 2 aliphatic rings. The Morgan fingerprint density at radius 3 is 2.26 bits per heavy atom. The topological polar surface area (TPSA) is 34.1 Å². The number of Topliss-reactive ketones (excluding diaryl/α,β-unsaturated/α-hetero) is 2. The molecule has 0 saturated heterocycles. The first-order chi connectivity index (χ1) is 10.8. The largest absolute Gasteiger partial charge is 0.289 e. The van der Waals surface area contributed by atoms with Gasteiger partial charge in [-0.25, -0.2) is 0 Å². The monoisotopic (exact) mass is 310 g/mol. The Morgan fingerprint density at radius 2 is 1.65 bits per heavy atom. The van der Waals surface area contributed by atoms with Crippen LogP contribution in [0.3, 0.4) is 0 Å². The molecule has 0 N–H and O–H groups in total. The second-order valence-corrected chi connectivity index (χ2v) is 7.81. The fourth-order valence-electron chi connectivity index (χ4n) is 3.82. The molecule has 0 aromatic heterocycles. The summed E-state index contributed by atoms with van der Waals surface area (Å²) in [5.74, 6) is 1.29. The van der Waals surface area contributed by atoms with Gasteiger partial charge >= 0.3 is 0 Å². The fraction of sp³-hybridized carbons (Fsp3) is 0.524. The third-order valence-electron chi connectivity index (χ3n) is 5.30. The number of carbonyl (C=O) groups excluding carboxylic acids is 2. The molecule has 0 bridgehead atoms. The molecule has 23 heavy (non-hydrogen) atoms. The van der Waals surface area contributed by atoms with E-state index in [4.69, 9.17) is 0 Å². The van der Waals surface area contributed by atoms with Crippen molar-refractivity contribution in [2.24, 2.45) is 5.92 Å². The molecule has 0 aliphatic heterocycles. The molecular weight excluding hydrogens is 284 g/mol. The average Bonchev–Trinajstić information content (AvgIpc) is 2.51. The van der Waals surface area contributed by atoms with Crippen molar-refractivity contribution >= 4 is 11.6 Å². The van der Waals surface area contributed by atoms with E-state index in [1.165, 1.54) is 0 Å². The van der Waals surface area contributed by atoms with Crippen molar-refractivity contribution in [2.45, 2.75) is 65.7 Å². The molecule has 2 heteroatoms. The number of hydrogen-bond donors (Lipinski definition) is 0. The number of fused-ring (bicyclic) bond motifs is 1. The van der Waals surface area contributed by atoms with Crippen LogP contribution < -0.4 is 0 Å². The highest BCUT2D eigenvalue weighted by Crippen LogP contribution is 2.40. The van der Waals surface area contributed by atoms with Gasteiger partial charge in [-0.3, -0.25) is 9.59 Å². The van der Waals surface area contributed by atoms with Crippen LogP contribution in [0.4, 0.5) is 0 Å². The highest BCUT2D eigenvalue weighted by molar-refractivity contribution is 6.27. The van der Waals surface area contributed by atoms with Gasteiger partial charge in [-0.2, -0.15) is 0 Å². The average molecular weight is 310 g/mol. The zero-order chi connectivity index (χ0) is 16.9. The van der Waals surface area contributed by atoms with E-state index in [1.807, 2.05) is 6.07 Å². The maximum Gasteiger partial charge on any atom is 0.190 e. The second-order valence-electron chi connectivity index (χ2n) is 7.81. The van der Waals surface area contributed by atoms with Crippen molar-refractivity contribution in [3.63, 3.8) is 0 Å². The van der Waals surface area contributed by atoms with Crippen LogP contribution in [0.5, 0.6) is 0 Å². The first-order valence-electron chi connectivity index (χ1n) is 8.80. The second kappa shape index (κ2) is 5.74. The van der Waals surface area contributed by atoms with Gasteiger partial charge < -0.3 is 0 Å². The highest BCUT2D eigenvalue weighted by Gasteiger charge is 2.37. The van der Waals surface area contributed by atoms with Gasteiger partial charge in [0.25, 0.3) is 0 Å². The Bertz CT molecular complexity index is 720. The van der Waals surface area contributed by atoms with Crippen LogP contribution in [-0.2, 0) is 0 Å². The molecule has 3 rings (SSSR count). The van der Waals surface area contributed by atoms with Crippen LogP contribution >= 0.6 is 0 Å². The lowest BCUT2D eigenvalue weighted by Crippen LogP contribution is -2.28. The molecule has 122 valence electrons. The lowest BCUT2D eigenvalue weighted by Gasteiger charge is -2.30. The van der Waals surface area contributed by atoms with E-state index in [0.29, 0.717) is 23.0 Å². The predicted octanol–water partition coefficient (Wildman–Crippen LogP) is 5.43. The molecule has 0 fully saturated rings. The minimum Gasteiger partial charge on any atom is -0.289 e. The van der Waals surface area contributed by atoms with Crippen LogP contribution in [0.25, 0.3) is 0 Å². The zero-order valence-electron chi connectivity index (χ0n) is 14.8. The maximum absolute atomic E-state index is 13.1. The normalized spacial score (nSPS) is 21.1. The Balaban J connectivity index is 2.24. The molecule has 0 heterocycles. The van der Waals surface area contributed by atoms with Crippen molar-refractivity contribution in [1.82, 2.24) is 0 Å². The molecular formula is C21H26O2. The Kier molecular flexibility index (Phi) is 4.03. The van der Waals surface area contributed by atoms with E-state index in [1.54, 1.807) is 0 Å². The van der Waals surface area contributed by atoms with Gasteiger partial charge in [0, 0.05) is 22.3 Å². The Labute approximate surface area is 139 Å². The van der Waals surface area contributed by atoms with Crippen molar-refractivity contribution in [3.8, 4) is 0 Å². The standard InChI is InChI=1S/C21H26O2/c1-11(2)14-9-16(12(3)4)19-18(10-14)20(22)17-8-13(5)6-7-15(17)21(19)23/h9-13H,6-8H2,1-5H3/t13-/m1/s1. The summed E-state index contributed by atoms with van der Waals surface area (Å²) in [5.41, 5.74) is 5.10. The van der Waals surface area contributed by atoms with Crippen LogP contribution in [0, 0.1) is 5.92 Å². The Hall–Kier alpha value is -1.70. The fourth-order valence-corrected chi connectivity index (χ4v) is 3.82. The zero-order valence-corrected chi connectivity index (χ0v) is 14.8. The van der Waals surface area contributed by atoms with Crippen molar-refractivity contribution in [3.05, 3.63) is 45.5 Å². The molecule has 2 nitrogen and oxygen atoms in total. The number of benzene rings is 1. The smallest absolute Gasteiger partial charge is 0.190 e.